The molecule has 4 rings (SSSR count). The van der Waals surface area contributed by atoms with Gasteiger partial charge in [0.1, 0.15) is 5.82 Å². The standard InChI is InChI=1S/C20H11BrClF/c21-17-11-5-10-16(20(17)23)18-14-8-3-1-6-12(14)13-7-2-4-9-15(13)19(18)22/h1-11H. The Morgan fingerprint density at radius 3 is 1.96 bits per heavy atom. The summed E-state index contributed by atoms with van der Waals surface area (Å²) in [7, 11) is 0. The molecule has 4 aromatic carbocycles. The Hall–Kier alpha value is -1.90. The summed E-state index contributed by atoms with van der Waals surface area (Å²) in [5.41, 5.74) is 1.24. The van der Waals surface area contributed by atoms with Crippen molar-refractivity contribution in [2.24, 2.45) is 0 Å². The summed E-state index contributed by atoms with van der Waals surface area (Å²) in [6.07, 6.45) is 0. The Kier molecular flexibility index (Phi) is 3.59. The molecule has 0 nitrogen and oxygen atoms in total. The van der Waals surface area contributed by atoms with Gasteiger partial charge >= 0.3 is 0 Å². The molecule has 0 bridgehead atoms. The van der Waals surface area contributed by atoms with Crippen LogP contribution in [0.5, 0.6) is 0 Å². The van der Waals surface area contributed by atoms with Crippen LogP contribution in [0.2, 0.25) is 5.02 Å². The molecule has 0 unspecified atom stereocenters. The number of hydrogen-bond acceptors (Lipinski definition) is 0. The fraction of sp³-hybridized carbons (Fsp3) is 0. The summed E-state index contributed by atoms with van der Waals surface area (Å²) in [6, 6.07) is 21.2. The number of rotatable bonds is 1. The number of halogens is 3. The van der Waals surface area contributed by atoms with Crippen LogP contribution in [0.25, 0.3) is 32.7 Å². The van der Waals surface area contributed by atoms with Crippen LogP contribution in [0.4, 0.5) is 4.39 Å². The molecular weight excluding hydrogens is 375 g/mol. The molecule has 0 heterocycles. The highest BCUT2D eigenvalue weighted by molar-refractivity contribution is 9.10. The highest BCUT2D eigenvalue weighted by Gasteiger charge is 2.17. The van der Waals surface area contributed by atoms with Crippen molar-refractivity contribution in [3.63, 3.8) is 0 Å². The van der Waals surface area contributed by atoms with E-state index in [0.717, 1.165) is 27.1 Å². The smallest absolute Gasteiger partial charge is 0.145 e. The van der Waals surface area contributed by atoms with E-state index < -0.39 is 0 Å². The van der Waals surface area contributed by atoms with E-state index in [1.165, 1.54) is 0 Å². The van der Waals surface area contributed by atoms with Crippen molar-refractivity contribution < 1.29 is 4.39 Å². The molecule has 0 aromatic heterocycles. The first-order chi connectivity index (χ1) is 11.2. The third-order valence-corrected chi connectivity index (χ3v) is 5.10. The SMILES string of the molecule is Fc1c(Br)cccc1-c1c(Cl)c2ccccc2c2ccccc12. The van der Waals surface area contributed by atoms with Gasteiger partial charge < -0.3 is 0 Å². The lowest BCUT2D eigenvalue weighted by atomic mass is 9.93. The van der Waals surface area contributed by atoms with E-state index >= 15 is 0 Å². The van der Waals surface area contributed by atoms with E-state index in [1.807, 2.05) is 54.6 Å². The first-order valence-electron chi connectivity index (χ1n) is 7.22. The maximum atomic E-state index is 14.7. The summed E-state index contributed by atoms with van der Waals surface area (Å²) < 4.78 is 15.1. The number of fused-ring (bicyclic) bond motifs is 3. The molecule has 0 spiro atoms. The van der Waals surface area contributed by atoms with Crippen molar-refractivity contribution in [2.75, 3.05) is 0 Å². The fourth-order valence-electron chi connectivity index (χ4n) is 3.06. The summed E-state index contributed by atoms with van der Waals surface area (Å²) in [5.74, 6) is -0.296. The molecule has 112 valence electrons. The predicted molar refractivity (Wildman–Crippen MR) is 99.6 cm³/mol. The van der Waals surface area contributed by atoms with Crippen molar-refractivity contribution >= 4 is 49.1 Å². The molecule has 0 aliphatic carbocycles. The third-order valence-electron chi connectivity index (χ3n) is 4.09. The number of hydrogen-bond donors (Lipinski definition) is 0. The molecule has 4 aromatic rings. The van der Waals surface area contributed by atoms with Crippen molar-refractivity contribution in [3.8, 4) is 11.1 Å². The van der Waals surface area contributed by atoms with Crippen molar-refractivity contribution in [1.82, 2.24) is 0 Å². The lowest BCUT2D eigenvalue weighted by Gasteiger charge is -2.15. The largest absolute Gasteiger partial charge is 0.205 e. The van der Waals surface area contributed by atoms with Crippen molar-refractivity contribution in [2.45, 2.75) is 0 Å². The molecule has 0 saturated carbocycles. The molecule has 0 amide bonds. The molecule has 0 radical (unpaired) electrons. The highest BCUT2D eigenvalue weighted by Crippen LogP contribution is 2.43. The van der Waals surface area contributed by atoms with Gasteiger partial charge in [-0.2, -0.15) is 0 Å². The summed E-state index contributed by atoms with van der Waals surface area (Å²) in [4.78, 5) is 0. The maximum absolute atomic E-state index is 14.7. The third kappa shape index (κ3) is 2.25. The zero-order chi connectivity index (χ0) is 16.0. The zero-order valence-electron chi connectivity index (χ0n) is 12.0. The second kappa shape index (κ2) is 5.63. The Bertz CT molecular complexity index is 1060. The first-order valence-corrected chi connectivity index (χ1v) is 8.39. The van der Waals surface area contributed by atoms with Crippen LogP contribution in [0.3, 0.4) is 0 Å². The molecule has 0 saturated heterocycles. The minimum Gasteiger partial charge on any atom is -0.205 e. The van der Waals surface area contributed by atoms with E-state index in [9.17, 15) is 4.39 Å². The quantitative estimate of drug-likeness (QED) is 0.303. The van der Waals surface area contributed by atoms with Gasteiger partial charge in [-0.15, -0.1) is 0 Å². The second-order valence-electron chi connectivity index (χ2n) is 5.38. The predicted octanol–water partition coefficient (Wildman–Crippen LogP) is 7.22. The molecule has 3 heteroatoms. The molecule has 0 aliphatic heterocycles. The van der Waals surface area contributed by atoms with Gasteiger partial charge in [0.05, 0.1) is 9.50 Å². The van der Waals surface area contributed by atoms with Gasteiger partial charge in [0.25, 0.3) is 0 Å². The van der Waals surface area contributed by atoms with Gasteiger partial charge in [0.15, 0.2) is 0 Å². The van der Waals surface area contributed by atoms with Gasteiger partial charge in [-0.1, -0.05) is 72.3 Å². The van der Waals surface area contributed by atoms with E-state index in [-0.39, 0.29) is 5.82 Å². The van der Waals surface area contributed by atoms with E-state index in [1.54, 1.807) is 12.1 Å². The summed E-state index contributed by atoms with van der Waals surface area (Å²) in [6.45, 7) is 0. The maximum Gasteiger partial charge on any atom is 0.145 e. The highest BCUT2D eigenvalue weighted by atomic mass is 79.9. The average molecular weight is 386 g/mol. The molecular formula is C20H11BrClF. The van der Waals surface area contributed by atoms with Crippen LogP contribution in [-0.2, 0) is 0 Å². The molecule has 0 aliphatic rings. The Morgan fingerprint density at radius 1 is 0.696 bits per heavy atom. The van der Waals surface area contributed by atoms with Gasteiger partial charge in [-0.05, 0) is 38.2 Å². The summed E-state index contributed by atoms with van der Waals surface area (Å²) in [5, 5.41) is 4.61. The lowest BCUT2D eigenvalue weighted by molar-refractivity contribution is 0.625. The van der Waals surface area contributed by atoms with E-state index in [0.29, 0.717) is 15.1 Å². The number of benzene rings is 4. The van der Waals surface area contributed by atoms with Gasteiger partial charge in [-0.3, -0.25) is 0 Å². The minimum absolute atomic E-state index is 0.296. The van der Waals surface area contributed by atoms with Crippen LogP contribution in [0, 0.1) is 5.82 Å². The Balaban J connectivity index is 2.25. The lowest BCUT2D eigenvalue weighted by Crippen LogP contribution is -1.91. The minimum atomic E-state index is -0.296. The Morgan fingerprint density at radius 2 is 1.26 bits per heavy atom. The van der Waals surface area contributed by atoms with Crippen molar-refractivity contribution in [3.05, 3.63) is 82.0 Å². The fourth-order valence-corrected chi connectivity index (χ4v) is 3.79. The average Bonchev–Trinajstić information content (AvgIpc) is 2.59. The van der Waals surface area contributed by atoms with Crippen LogP contribution >= 0.6 is 27.5 Å². The van der Waals surface area contributed by atoms with Crippen molar-refractivity contribution in [1.29, 1.82) is 0 Å². The molecule has 0 atom stereocenters. The zero-order valence-corrected chi connectivity index (χ0v) is 14.3. The monoisotopic (exact) mass is 384 g/mol. The van der Waals surface area contributed by atoms with Gasteiger partial charge in [0.2, 0.25) is 0 Å². The normalized spacial score (nSPS) is 11.3. The van der Waals surface area contributed by atoms with Gasteiger partial charge in [-0.25, -0.2) is 4.39 Å². The Labute approximate surface area is 146 Å². The second-order valence-corrected chi connectivity index (χ2v) is 6.61. The van der Waals surface area contributed by atoms with Crippen LogP contribution < -0.4 is 0 Å². The van der Waals surface area contributed by atoms with Crippen LogP contribution in [-0.4, -0.2) is 0 Å². The van der Waals surface area contributed by atoms with Crippen LogP contribution in [0.15, 0.2) is 71.2 Å². The van der Waals surface area contributed by atoms with E-state index in [4.69, 9.17) is 11.6 Å². The molecule has 0 fully saturated rings. The summed E-state index contributed by atoms with van der Waals surface area (Å²) >= 11 is 9.96. The molecule has 0 N–H and O–H groups in total. The molecule has 23 heavy (non-hydrogen) atoms. The topological polar surface area (TPSA) is 0 Å². The van der Waals surface area contributed by atoms with Gasteiger partial charge in [0, 0.05) is 16.5 Å². The van der Waals surface area contributed by atoms with Crippen LogP contribution in [0.1, 0.15) is 0 Å². The first kappa shape index (κ1) is 14.7. The van der Waals surface area contributed by atoms with E-state index in [2.05, 4.69) is 15.9 Å².